The summed E-state index contributed by atoms with van der Waals surface area (Å²) >= 11 is 1.26. The van der Waals surface area contributed by atoms with Crippen LogP contribution in [-0.4, -0.2) is 20.2 Å². The normalized spacial score (nSPS) is 14.9. The number of hydrogen-bond acceptors (Lipinski definition) is 4. The van der Waals surface area contributed by atoms with E-state index in [1.807, 2.05) is 0 Å². The molecule has 1 rings (SSSR count). The third-order valence-electron chi connectivity index (χ3n) is 1.41. The molecule has 0 aliphatic carbocycles. The van der Waals surface area contributed by atoms with Gasteiger partial charge in [0, 0.05) is 5.38 Å². The highest BCUT2D eigenvalue weighted by Gasteiger charge is 2.27. The van der Waals surface area contributed by atoms with E-state index in [4.69, 9.17) is 0 Å². The number of aliphatic hydroxyl groups is 2. The van der Waals surface area contributed by atoms with Crippen LogP contribution in [0.25, 0.3) is 0 Å². The van der Waals surface area contributed by atoms with E-state index in [1.54, 1.807) is 25.3 Å². The van der Waals surface area contributed by atoms with E-state index < -0.39 is 11.7 Å². The summed E-state index contributed by atoms with van der Waals surface area (Å²) in [4.78, 5) is 0. The summed E-state index contributed by atoms with van der Waals surface area (Å²) < 4.78 is 3.91. The molecule has 11 heavy (non-hydrogen) atoms. The third-order valence-corrected chi connectivity index (χ3v) is 1.98. The second-order valence-electron chi connectivity index (χ2n) is 2.98. The highest BCUT2D eigenvalue weighted by atomic mass is 32.1. The van der Waals surface area contributed by atoms with E-state index in [0.717, 1.165) is 0 Å². The van der Waals surface area contributed by atoms with Crippen LogP contribution in [0.3, 0.4) is 0 Å². The molecule has 1 aromatic heterocycles. The smallest absolute Gasteiger partial charge is 0.125 e. The average molecular weight is 173 g/mol. The van der Waals surface area contributed by atoms with Crippen LogP contribution in [0.4, 0.5) is 0 Å². The molecule has 0 fully saturated rings. The van der Waals surface area contributed by atoms with Crippen LogP contribution in [0.2, 0.25) is 0 Å². The van der Waals surface area contributed by atoms with E-state index in [-0.39, 0.29) is 0 Å². The molecule has 0 spiro atoms. The Morgan fingerprint density at radius 3 is 2.64 bits per heavy atom. The molecule has 0 bridgehead atoms. The van der Waals surface area contributed by atoms with Crippen LogP contribution in [0.5, 0.6) is 0 Å². The quantitative estimate of drug-likeness (QED) is 0.700. The molecule has 0 aromatic carbocycles. The average Bonchev–Trinajstić information content (AvgIpc) is 2.34. The third kappa shape index (κ3) is 1.99. The summed E-state index contributed by atoms with van der Waals surface area (Å²) in [6.07, 6.45) is -0.895. The van der Waals surface area contributed by atoms with Gasteiger partial charge in [0.25, 0.3) is 0 Å². The van der Waals surface area contributed by atoms with Crippen molar-refractivity contribution in [1.29, 1.82) is 0 Å². The van der Waals surface area contributed by atoms with Gasteiger partial charge in [0.15, 0.2) is 0 Å². The zero-order valence-electron chi connectivity index (χ0n) is 6.48. The molecule has 3 nitrogen and oxygen atoms in total. The summed E-state index contributed by atoms with van der Waals surface area (Å²) in [6, 6.07) is 1.70. The van der Waals surface area contributed by atoms with Crippen molar-refractivity contribution in [3.8, 4) is 0 Å². The number of rotatable bonds is 2. The molecule has 4 heteroatoms. The van der Waals surface area contributed by atoms with Gasteiger partial charge < -0.3 is 10.2 Å². The van der Waals surface area contributed by atoms with Gasteiger partial charge in [-0.15, -0.1) is 0 Å². The highest BCUT2D eigenvalue weighted by molar-refractivity contribution is 7.03. The van der Waals surface area contributed by atoms with E-state index in [2.05, 4.69) is 4.37 Å². The SMILES string of the molecule is CC(C)(O)C(O)c1ccsn1. The molecule has 0 amide bonds. The van der Waals surface area contributed by atoms with Crippen molar-refractivity contribution < 1.29 is 10.2 Å². The lowest BCUT2D eigenvalue weighted by Gasteiger charge is -2.22. The molecule has 1 atom stereocenters. The Bertz CT molecular complexity index is 215. The molecular weight excluding hydrogens is 162 g/mol. The topological polar surface area (TPSA) is 53.4 Å². The molecule has 0 saturated heterocycles. The van der Waals surface area contributed by atoms with Crippen LogP contribution in [0.1, 0.15) is 25.6 Å². The Labute approximate surface area is 69.5 Å². The zero-order chi connectivity index (χ0) is 8.48. The van der Waals surface area contributed by atoms with Gasteiger partial charge in [-0.3, -0.25) is 0 Å². The lowest BCUT2D eigenvalue weighted by atomic mass is 10.00. The van der Waals surface area contributed by atoms with Crippen LogP contribution >= 0.6 is 11.5 Å². The second kappa shape index (κ2) is 2.89. The summed E-state index contributed by atoms with van der Waals surface area (Å²) in [7, 11) is 0. The molecular formula is C7H11NO2S. The monoisotopic (exact) mass is 173 g/mol. The van der Waals surface area contributed by atoms with Gasteiger partial charge in [-0.1, -0.05) is 0 Å². The Morgan fingerprint density at radius 1 is 1.64 bits per heavy atom. The minimum Gasteiger partial charge on any atom is -0.387 e. The van der Waals surface area contributed by atoms with E-state index in [9.17, 15) is 10.2 Å². The van der Waals surface area contributed by atoms with Crippen LogP contribution in [0.15, 0.2) is 11.4 Å². The Balaban J connectivity index is 2.78. The number of aliphatic hydroxyl groups excluding tert-OH is 1. The first kappa shape index (κ1) is 8.64. The van der Waals surface area contributed by atoms with E-state index >= 15 is 0 Å². The summed E-state index contributed by atoms with van der Waals surface area (Å²) in [5, 5.41) is 20.6. The fourth-order valence-electron chi connectivity index (χ4n) is 0.725. The van der Waals surface area contributed by atoms with E-state index in [0.29, 0.717) is 5.69 Å². The molecule has 0 aliphatic rings. The van der Waals surface area contributed by atoms with Crippen molar-refractivity contribution >= 4 is 11.5 Å². The first-order chi connectivity index (χ1) is 5.02. The van der Waals surface area contributed by atoms with Crippen molar-refractivity contribution in [2.45, 2.75) is 25.6 Å². The first-order valence-corrected chi connectivity index (χ1v) is 4.16. The van der Waals surface area contributed by atoms with Gasteiger partial charge in [0.1, 0.15) is 6.10 Å². The van der Waals surface area contributed by atoms with Crippen molar-refractivity contribution in [3.63, 3.8) is 0 Å². The Kier molecular flexibility index (Phi) is 2.27. The van der Waals surface area contributed by atoms with Crippen LogP contribution in [-0.2, 0) is 0 Å². The molecule has 1 unspecified atom stereocenters. The van der Waals surface area contributed by atoms with Gasteiger partial charge in [-0.2, -0.15) is 4.37 Å². The number of aromatic nitrogens is 1. The Morgan fingerprint density at radius 2 is 2.27 bits per heavy atom. The van der Waals surface area contributed by atoms with Crippen molar-refractivity contribution in [3.05, 3.63) is 17.1 Å². The fourth-order valence-corrected chi connectivity index (χ4v) is 1.27. The van der Waals surface area contributed by atoms with Gasteiger partial charge in [-0.05, 0) is 31.4 Å². The van der Waals surface area contributed by atoms with E-state index in [1.165, 1.54) is 11.5 Å². The van der Waals surface area contributed by atoms with Crippen molar-refractivity contribution in [1.82, 2.24) is 4.37 Å². The maximum Gasteiger partial charge on any atom is 0.125 e. The van der Waals surface area contributed by atoms with Gasteiger partial charge in [-0.25, -0.2) is 0 Å². The van der Waals surface area contributed by atoms with Crippen LogP contribution in [0, 0.1) is 0 Å². The first-order valence-electron chi connectivity index (χ1n) is 3.32. The van der Waals surface area contributed by atoms with Gasteiger partial charge in [0.2, 0.25) is 0 Å². The standard InChI is InChI=1S/C7H11NO2S/c1-7(2,10)6(9)5-3-4-11-8-5/h3-4,6,9-10H,1-2H3. The minimum atomic E-state index is -1.12. The predicted octanol–water partition coefficient (Wildman–Crippen LogP) is 0.947. The predicted molar refractivity (Wildman–Crippen MR) is 43.4 cm³/mol. The fraction of sp³-hybridized carbons (Fsp3) is 0.571. The number of nitrogens with zero attached hydrogens (tertiary/aromatic N) is 1. The highest BCUT2D eigenvalue weighted by Crippen LogP contribution is 2.23. The van der Waals surface area contributed by atoms with Crippen LogP contribution < -0.4 is 0 Å². The molecule has 0 saturated carbocycles. The van der Waals surface area contributed by atoms with Gasteiger partial charge >= 0.3 is 0 Å². The molecule has 0 aliphatic heterocycles. The zero-order valence-corrected chi connectivity index (χ0v) is 7.30. The second-order valence-corrected chi connectivity index (χ2v) is 3.65. The molecule has 1 heterocycles. The molecule has 62 valence electrons. The summed E-state index contributed by atoms with van der Waals surface area (Å²) in [5.74, 6) is 0. The lowest BCUT2D eigenvalue weighted by Crippen LogP contribution is -2.28. The summed E-state index contributed by atoms with van der Waals surface area (Å²) in [6.45, 7) is 3.11. The molecule has 1 aromatic rings. The maximum atomic E-state index is 9.44. The summed E-state index contributed by atoms with van der Waals surface area (Å²) in [5.41, 5.74) is -0.587. The van der Waals surface area contributed by atoms with Gasteiger partial charge in [0.05, 0.1) is 11.3 Å². The Hall–Kier alpha value is -0.450. The molecule has 2 N–H and O–H groups in total. The number of hydrogen-bond donors (Lipinski definition) is 2. The van der Waals surface area contributed by atoms with Crippen molar-refractivity contribution in [2.75, 3.05) is 0 Å². The lowest BCUT2D eigenvalue weighted by molar-refractivity contribution is -0.0513. The molecule has 0 radical (unpaired) electrons. The van der Waals surface area contributed by atoms with Crippen molar-refractivity contribution in [2.24, 2.45) is 0 Å². The minimum absolute atomic E-state index is 0.530. The maximum absolute atomic E-state index is 9.44. The largest absolute Gasteiger partial charge is 0.387 e.